The van der Waals surface area contributed by atoms with Crippen LogP contribution in [0.3, 0.4) is 0 Å². The van der Waals surface area contributed by atoms with Crippen LogP contribution in [0.2, 0.25) is 0 Å². The molecule has 0 radical (unpaired) electrons. The molecule has 1 aromatic carbocycles. The maximum absolute atomic E-state index is 14.3. The minimum Gasteiger partial charge on any atom is -0.488 e. The van der Waals surface area contributed by atoms with E-state index in [1.54, 1.807) is 7.11 Å². The number of carboxylic acid groups (broad SMARTS) is 1. The van der Waals surface area contributed by atoms with E-state index in [-0.39, 0.29) is 25.6 Å². The number of carbonyl (C=O) groups is 1. The number of methoxy groups -OCH3 is 1. The van der Waals surface area contributed by atoms with E-state index in [2.05, 4.69) is 0 Å². The zero-order valence-electron chi connectivity index (χ0n) is 14.3. The maximum atomic E-state index is 14.3. The predicted molar refractivity (Wildman–Crippen MR) is 94.5 cm³/mol. The van der Waals surface area contributed by atoms with Crippen LogP contribution in [0.4, 0.5) is 8.78 Å². The van der Waals surface area contributed by atoms with Crippen molar-refractivity contribution in [2.45, 2.75) is 31.8 Å². The van der Waals surface area contributed by atoms with E-state index >= 15 is 0 Å². The minimum atomic E-state index is -0.973. The summed E-state index contributed by atoms with van der Waals surface area (Å²) in [6, 6.07) is 6.27. The topological polar surface area (TPSA) is 55.8 Å². The highest BCUT2D eigenvalue weighted by atomic mass is 32.1. The van der Waals surface area contributed by atoms with Crippen LogP contribution in [0, 0.1) is 17.6 Å². The summed E-state index contributed by atoms with van der Waals surface area (Å²) in [5.41, 5.74) is 0.444. The molecule has 1 aromatic heterocycles. The Labute approximate surface area is 154 Å². The van der Waals surface area contributed by atoms with Gasteiger partial charge in [-0.15, -0.1) is 11.3 Å². The molecule has 1 atom stereocenters. The number of hydrogen-bond donors (Lipinski definition) is 1. The second-order valence-electron chi connectivity index (χ2n) is 6.31. The van der Waals surface area contributed by atoms with Gasteiger partial charge in [0, 0.05) is 23.3 Å². The van der Waals surface area contributed by atoms with Crippen LogP contribution in [0.25, 0.3) is 10.4 Å². The van der Waals surface area contributed by atoms with Crippen molar-refractivity contribution in [1.29, 1.82) is 0 Å². The molecule has 0 aliphatic heterocycles. The van der Waals surface area contributed by atoms with Crippen LogP contribution < -0.4 is 4.74 Å². The van der Waals surface area contributed by atoms with E-state index < -0.39 is 23.4 Å². The van der Waals surface area contributed by atoms with Gasteiger partial charge in [-0.1, -0.05) is 0 Å². The molecule has 4 nitrogen and oxygen atoms in total. The van der Waals surface area contributed by atoms with Crippen LogP contribution in [-0.2, 0) is 9.53 Å². The van der Waals surface area contributed by atoms with Crippen LogP contribution >= 0.6 is 11.3 Å². The SMILES string of the molecule is COC(c1ccc(-c2cc(F)c(OCCCC(=O)O)c(F)c2)s1)C1CC1. The zero-order chi connectivity index (χ0) is 18.7. The van der Waals surface area contributed by atoms with Crippen molar-refractivity contribution in [1.82, 2.24) is 0 Å². The molecular weight excluding hydrogens is 362 g/mol. The fourth-order valence-electron chi connectivity index (χ4n) is 2.84. The van der Waals surface area contributed by atoms with Gasteiger partial charge in [0.15, 0.2) is 17.4 Å². The second kappa shape index (κ2) is 8.14. The van der Waals surface area contributed by atoms with Crippen molar-refractivity contribution in [2.24, 2.45) is 5.92 Å². The molecule has 7 heteroatoms. The van der Waals surface area contributed by atoms with Gasteiger partial charge in [0.1, 0.15) is 0 Å². The molecule has 1 aliphatic carbocycles. The molecule has 1 heterocycles. The Morgan fingerprint density at radius 2 is 2.00 bits per heavy atom. The average molecular weight is 382 g/mol. The van der Waals surface area contributed by atoms with Crippen LogP contribution in [0.5, 0.6) is 5.75 Å². The maximum Gasteiger partial charge on any atom is 0.303 e. The molecule has 1 aliphatic rings. The fourth-order valence-corrected chi connectivity index (χ4v) is 4.01. The van der Waals surface area contributed by atoms with Gasteiger partial charge in [0.05, 0.1) is 12.7 Å². The first-order chi connectivity index (χ1) is 12.5. The van der Waals surface area contributed by atoms with Gasteiger partial charge in [0.2, 0.25) is 0 Å². The fraction of sp³-hybridized carbons (Fsp3) is 0.421. The molecule has 0 spiro atoms. The quantitative estimate of drug-likeness (QED) is 0.618. The van der Waals surface area contributed by atoms with Crippen LogP contribution in [-0.4, -0.2) is 24.8 Å². The summed E-state index contributed by atoms with van der Waals surface area (Å²) in [5.74, 6) is -2.50. The lowest BCUT2D eigenvalue weighted by atomic mass is 10.1. The standard InChI is InChI=1S/C19H20F2O4S/c1-24-18(11-4-5-11)16-7-6-15(26-16)12-9-13(20)19(14(21)10-12)25-8-2-3-17(22)23/h6-7,9-11,18H,2-5,8H2,1H3,(H,22,23). The highest BCUT2D eigenvalue weighted by molar-refractivity contribution is 7.15. The Balaban J connectivity index is 1.73. The van der Waals surface area contributed by atoms with Gasteiger partial charge in [-0.05, 0) is 55.0 Å². The number of rotatable bonds is 9. The van der Waals surface area contributed by atoms with Crippen LogP contribution in [0.1, 0.15) is 36.7 Å². The van der Waals surface area contributed by atoms with Crippen LogP contribution in [0.15, 0.2) is 24.3 Å². The summed E-state index contributed by atoms with van der Waals surface area (Å²) < 4.78 is 39.1. The largest absolute Gasteiger partial charge is 0.488 e. The highest BCUT2D eigenvalue weighted by Crippen LogP contribution is 2.46. The number of hydrogen-bond acceptors (Lipinski definition) is 4. The van der Waals surface area contributed by atoms with E-state index in [4.69, 9.17) is 14.6 Å². The molecule has 1 unspecified atom stereocenters. The molecule has 0 amide bonds. The lowest BCUT2D eigenvalue weighted by Crippen LogP contribution is -2.04. The molecule has 1 fully saturated rings. The van der Waals surface area contributed by atoms with Crippen molar-refractivity contribution in [2.75, 3.05) is 13.7 Å². The van der Waals surface area contributed by atoms with Crippen molar-refractivity contribution < 1.29 is 28.2 Å². The molecule has 1 saturated carbocycles. The summed E-state index contributed by atoms with van der Waals surface area (Å²) in [5, 5.41) is 8.57. The molecule has 26 heavy (non-hydrogen) atoms. The Morgan fingerprint density at radius 1 is 1.31 bits per heavy atom. The van der Waals surface area contributed by atoms with Crippen molar-refractivity contribution in [3.63, 3.8) is 0 Å². The molecule has 140 valence electrons. The first-order valence-electron chi connectivity index (χ1n) is 8.46. The van der Waals surface area contributed by atoms with Gasteiger partial charge in [-0.3, -0.25) is 4.79 Å². The van der Waals surface area contributed by atoms with Gasteiger partial charge in [-0.25, -0.2) is 8.78 Å². The summed E-state index contributed by atoms with van der Waals surface area (Å²) in [4.78, 5) is 12.3. The second-order valence-corrected chi connectivity index (χ2v) is 7.43. The Morgan fingerprint density at radius 3 is 2.58 bits per heavy atom. The molecule has 3 rings (SSSR count). The molecular formula is C19H20F2O4S. The van der Waals surface area contributed by atoms with Crippen molar-refractivity contribution in [3.8, 4) is 16.2 Å². The number of halogens is 2. The third kappa shape index (κ3) is 4.40. The van der Waals surface area contributed by atoms with E-state index in [0.29, 0.717) is 11.5 Å². The van der Waals surface area contributed by atoms with E-state index in [0.717, 1.165) is 22.6 Å². The van der Waals surface area contributed by atoms with E-state index in [1.165, 1.54) is 23.5 Å². The zero-order valence-corrected chi connectivity index (χ0v) is 15.2. The first-order valence-corrected chi connectivity index (χ1v) is 9.27. The smallest absolute Gasteiger partial charge is 0.303 e. The van der Waals surface area contributed by atoms with Gasteiger partial charge >= 0.3 is 5.97 Å². The molecule has 0 bridgehead atoms. The number of ether oxygens (including phenoxy) is 2. The number of benzene rings is 1. The summed E-state index contributed by atoms with van der Waals surface area (Å²) in [6.07, 6.45) is 2.40. The monoisotopic (exact) mass is 382 g/mol. The Hall–Kier alpha value is -1.99. The minimum absolute atomic E-state index is 0.0419. The van der Waals surface area contributed by atoms with E-state index in [9.17, 15) is 13.6 Å². The summed E-state index contributed by atoms with van der Waals surface area (Å²) in [7, 11) is 1.68. The number of carboxylic acids is 1. The predicted octanol–water partition coefficient (Wildman–Crippen LogP) is 5.03. The highest BCUT2D eigenvalue weighted by Gasteiger charge is 2.33. The van der Waals surface area contributed by atoms with Gasteiger partial charge in [0.25, 0.3) is 0 Å². The number of aliphatic carboxylic acids is 1. The van der Waals surface area contributed by atoms with Gasteiger partial charge in [-0.2, -0.15) is 0 Å². The third-order valence-electron chi connectivity index (χ3n) is 4.28. The van der Waals surface area contributed by atoms with Gasteiger partial charge < -0.3 is 14.6 Å². The van der Waals surface area contributed by atoms with Crippen molar-refractivity contribution >= 4 is 17.3 Å². The lowest BCUT2D eigenvalue weighted by Gasteiger charge is -2.12. The van der Waals surface area contributed by atoms with E-state index in [1.807, 2.05) is 12.1 Å². The third-order valence-corrected chi connectivity index (χ3v) is 5.47. The molecule has 1 N–H and O–H groups in total. The average Bonchev–Trinajstić information content (AvgIpc) is 3.30. The Bertz CT molecular complexity index is 763. The first kappa shape index (κ1) is 18.8. The summed E-state index contributed by atoms with van der Waals surface area (Å²) >= 11 is 1.47. The van der Waals surface area contributed by atoms with Crippen molar-refractivity contribution in [3.05, 3.63) is 40.8 Å². The molecule has 2 aromatic rings. The summed E-state index contributed by atoms with van der Waals surface area (Å²) in [6.45, 7) is -0.0560. The normalized spacial score (nSPS) is 15.0. The number of thiophene rings is 1. The lowest BCUT2D eigenvalue weighted by molar-refractivity contribution is -0.137. The molecule has 0 saturated heterocycles. The Kier molecular flexibility index (Phi) is 5.88.